The first kappa shape index (κ1) is 19.3. The number of pyridine rings is 1. The fraction of sp³-hybridized carbons (Fsp3) is 0.500. The third-order valence-corrected chi connectivity index (χ3v) is 6.09. The molecule has 0 spiro atoms. The summed E-state index contributed by atoms with van der Waals surface area (Å²) in [5.41, 5.74) is 2.29. The lowest BCUT2D eigenvalue weighted by Gasteiger charge is -2.41. The molecule has 3 heterocycles. The van der Waals surface area contributed by atoms with Crippen LogP contribution in [0.15, 0.2) is 24.4 Å². The van der Waals surface area contributed by atoms with E-state index in [2.05, 4.69) is 26.3 Å². The van der Waals surface area contributed by atoms with Crippen LogP contribution >= 0.6 is 0 Å². The van der Waals surface area contributed by atoms with E-state index < -0.39 is 5.41 Å². The predicted octanol–water partition coefficient (Wildman–Crippen LogP) is 3.63. The van der Waals surface area contributed by atoms with E-state index in [4.69, 9.17) is 0 Å². The first-order valence-electron chi connectivity index (χ1n) is 10.2. The SMILES string of the molecule is Cc1cc(C)nc(Nc2cc(C3CCN(C(=O)C4(C#N)CCC4)CC3)ccn2)n1. The van der Waals surface area contributed by atoms with E-state index in [1.165, 1.54) is 5.56 Å². The van der Waals surface area contributed by atoms with Crippen molar-refractivity contribution in [2.45, 2.75) is 51.9 Å². The first-order valence-corrected chi connectivity index (χ1v) is 10.2. The Morgan fingerprint density at radius 1 is 1.21 bits per heavy atom. The van der Waals surface area contributed by atoms with Gasteiger partial charge in [-0.3, -0.25) is 4.79 Å². The van der Waals surface area contributed by atoms with E-state index in [-0.39, 0.29) is 5.91 Å². The fourth-order valence-electron chi connectivity index (χ4n) is 4.29. The highest BCUT2D eigenvalue weighted by atomic mass is 16.2. The summed E-state index contributed by atoms with van der Waals surface area (Å²) < 4.78 is 0. The third-order valence-electron chi connectivity index (χ3n) is 6.09. The zero-order valence-electron chi connectivity index (χ0n) is 17.0. The maximum atomic E-state index is 12.8. The zero-order chi connectivity index (χ0) is 20.4. The van der Waals surface area contributed by atoms with Crippen molar-refractivity contribution in [3.05, 3.63) is 41.3 Å². The standard InChI is InChI=1S/C22H26N6O/c1-15-12-16(2)26-21(25-15)27-19-13-18(4-9-24-19)17-5-10-28(11-6-17)20(29)22(14-23)7-3-8-22/h4,9,12-13,17H,3,5-8,10-11H2,1-2H3,(H,24,25,26,27). The van der Waals surface area contributed by atoms with Gasteiger partial charge >= 0.3 is 0 Å². The second-order valence-electron chi connectivity index (χ2n) is 8.19. The number of hydrogen-bond donors (Lipinski definition) is 1. The maximum absolute atomic E-state index is 12.8. The summed E-state index contributed by atoms with van der Waals surface area (Å²) in [4.78, 5) is 27.9. The van der Waals surface area contributed by atoms with Crippen LogP contribution in [0, 0.1) is 30.6 Å². The van der Waals surface area contributed by atoms with Crippen LogP contribution in [0.2, 0.25) is 0 Å². The highest BCUT2D eigenvalue weighted by Crippen LogP contribution is 2.43. The number of nitriles is 1. The van der Waals surface area contributed by atoms with Crippen molar-refractivity contribution < 1.29 is 4.79 Å². The molecule has 7 heteroatoms. The molecule has 2 aromatic heterocycles. The molecular formula is C22H26N6O. The second kappa shape index (κ2) is 7.78. The molecule has 1 saturated carbocycles. The number of nitrogens with one attached hydrogen (secondary N) is 1. The predicted molar refractivity (Wildman–Crippen MR) is 109 cm³/mol. The lowest BCUT2D eigenvalue weighted by molar-refractivity contribution is -0.144. The van der Waals surface area contributed by atoms with Crippen LogP contribution in [0.1, 0.15) is 55.0 Å². The van der Waals surface area contributed by atoms with Crippen molar-refractivity contribution in [2.24, 2.45) is 5.41 Å². The number of carbonyl (C=O) groups is 1. The number of rotatable bonds is 4. The Hall–Kier alpha value is -3.01. The minimum absolute atomic E-state index is 0.0359. The van der Waals surface area contributed by atoms with Crippen LogP contribution in [0.3, 0.4) is 0 Å². The number of anilines is 2. The number of amides is 1. The number of likely N-dealkylation sites (tertiary alicyclic amines) is 1. The van der Waals surface area contributed by atoms with E-state index in [1.807, 2.05) is 36.9 Å². The van der Waals surface area contributed by atoms with Crippen LogP contribution in [0.25, 0.3) is 0 Å². The molecule has 2 fully saturated rings. The van der Waals surface area contributed by atoms with Gasteiger partial charge in [0.05, 0.1) is 6.07 Å². The minimum Gasteiger partial charge on any atom is -0.341 e. The molecule has 0 atom stereocenters. The van der Waals surface area contributed by atoms with Gasteiger partial charge in [0.15, 0.2) is 0 Å². The molecule has 4 rings (SSSR count). The van der Waals surface area contributed by atoms with Crippen molar-refractivity contribution >= 4 is 17.7 Å². The molecule has 150 valence electrons. The molecule has 7 nitrogen and oxygen atoms in total. The maximum Gasteiger partial charge on any atom is 0.243 e. The van der Waals surface area contributed by atoms with Gasteiger partial charge in [0, 0.05) is 30.7 Å². The van der Waals surface area contributed by atoms with Crippen molar-refractivity contribution in [1.82, 2.24) is 19.9 Å². The normalized spacial score (nSPS) is 18.6. The summed E-state index contributed by atoms with van der Waals surface area (Å²) in [6.07, 6.45) is 6.00. The van der Waals surface area contributed by atoms with Gasteiger partial charge in [-0.15, -0.1) is 0 Å². The van der Waals surface area contributed by atoms with Crippen molar-refractivity contribution in [1.29, 1.82) is 5.26 Å². The van der Waals surface area contributed by atoms with E-state index in [9.17, 15) is 10.1 Å². The summed E-state index contributed by atoms with van der Waals surface area (Å²) in [7, 11) is 0. The van der Waals surface area contributed by atoms with E-state index >= 15 is 0 Å². The zero-order valence-corrected chi connectivity index (χ0v) is 17.0. The average Bonchev–Trinajstić information content (AvgIpc) is 2.67. The molecule has 1 N–H and O–H groups in total. The van der Waals surface area contributed by atoms with Crippen LogP contribution in [-0.2, 0) is 4.79 Å². The van der Waals surface area contributed by atoms with Crippen molar-refractivity contribution in [2.75, 3.05) is 18.4 Å². The molecule has 1 aliphatic heterocycles. The summed E-state index contributed by atoms with van der Waals surface area (Å²) in [5, 5.41) is 12.6. The molecule has 2 aliphatic rings. The molecule has 1 amide bonds. The van der Waals surface area contributed by atoms with Crippen LogP contribution < -0.4 is 5.32 Å². The van der Waals surface area contributed by atoms with E-state index in [0.29, 0.717) is 37.8 Å². The third kappa shape index (κ3) is 3.93. The quantitative estimate of drug-likeness (QED) is 0.856. The molecule has 1 aliphatic carbocycles. The molecular weight excluding hydrogens is 364 g/mol. The van der Waals surface area contributed by atoms with Gasteiger partial charge in [-0.25, -0.2) is 15.0 Å². The van der Waals surface area contributed by atoms with Gasteiger partial charge < -0.3 is 10.2 Å². The van der Waals surface area contributed by atoms with Gasteiger partial charge in [-0.1, -0.05) is 0 Å². The Morgan fingerprint density at radius 2 is 1.90 bits per heavy atom. The number of nitrogens with zero attached hydrogens (tertiary/aromatic N) is 5. The molecule has 2 aromatic rings. The van der Waals surface area contributed by atoms with Gasteiger partial charge in [-0.2, -0.15) is 5.26 Å². The van der Waals surface area contributed by atoms with Gasteiger partial charge in [-0.05, 0) is 75.6 Å². The van der Waals surface area contributed by atoms with E-state index in [0.717, 1.165) is 36.5 Å². The highest BCUT2D eigenvalue weighted by Gasteiger charge is 2.47. The highest BCUT2D eigenvalue weighted by molar-refractivity contribution is 5.86. The lowest BCUT2D eigenvalue weighted by atomic mass is 9.68. The Morgan fingerprint density at radius 3 is 2.48 bits per heavy atom. The molecule has 0 bridgehead atoms. The van der Waals surface area contributed by atoms with E-state index in [1.54, 1.807) is 6.20 Å². The molecule has 0 aromatic carbocycles. The monoisotopic (exact) mass is 390 g/mol. The Balaban J connectivity index is 1.41. The van der Waals surface area contributed by atoms with Gasteiger partial charge in [0.2, 0.25) is 11.9 Å². The number of hydrogen-bond acceptors (Lipinski definition) is 6. The molecule has 29 heavy (non-hydrogen) atoms. The van der Waals surface area contributed by atoms with Crippen LogP contribution in [0.5, 0.6) is 0 Å². The Labute approximate surface area is 171 Å². The first-order chi connectivity index (χ1) is 14.0. The molecule has 1 saturated heterocycles. The number of aryl methyl sites for hydroxylation is 2. The fourth-order valence-corrected chi connectivity index (χ4v) is 4.29. The Bertz CT molecular complexity index is 934. The molecule has 0 radical (unpaired) electrons. The van der Waals surface area contributed by atoms with Gasteiger partial charge in [0.25, 0.3) is 0 Å². The topological polar surface area (TPSA) is 94.8 Å². The summed E-state index contributed by atoms with van der Waals surface area (Å²) in [6.45, 7) is 5.30. The van der Waals surface area contributed by atoms with Crippen molar-refractivity contribution in [3.63, 3.8) is 0 Å². The van der Waals surface area contributed by atoms with Gasteiger partial charge in [0.1, 0.15) is 11.2 Å². The van der Waals surface area contributed by atoms with Crippen LogP contribution in [0.4, 0.5) is 11.8 Å². The minimum atomic E-state index is -0.744. The largest absolute Gasteiger partial charge is 0.341 e. The number of aromatic nitrogens is 3. The number of carbonyl (C=O) groups excluding carboxylic acids is 1. The summed E-state index contributed by atoms with van der Waals surface area (Å²) >= 11 is 0. The smallest absolute Gasteiger partial charge is 0.243 e. The summed E-state index contributed by atoms with van der Waals surface area (Å²) in [5.74, 6) is 1.69. The second-order valence-corrected chi connectivity index (χ2v) is 8.19. The molecule has 0 unspecified atom stereocenters. The average molecular weight is 390 g/mol. The summed E-state index contributed by atoms with van der Waals surface area (Å²) in [6, 6.07) is 8.30. The van der Waals surface area contributed by atoms with Crippen molar-refractivity contribution in [3.8, 4) is 6.07 Å². The van der Waals surface area contributed by atoms with Crippen LogP contribution in [-0.4, -0.2) is 38.8 Å². The lowest BCUT2D eigenvalue weighted by Crippen LogP contribution is -2.49. The number of piperidine rings is 1. The Kier molecular flexibility index (Phi) is 5.18.